The zero-order chi connectivity index (χ0) is 24.1. The summed E-state index contributed by atoms with van der Waals surface area (Å²) in [6.45, 7) is 2.08. The summed E-state index contributed by atoms with van der Waals surface area (Å²) in [6.07, 6.45) is 3.63. The third kappa shape index (κ3) is 5.01. The van der Waals surface area contributed by atoms with Gasteiger partial charge in [0.25, 0.3) is 0 Å². The van der Waals surface area contributed by atoms with E-state index in [1.807, 2.05) is 18.2 Å². The van der Waals surface area contributed by atoms with Gasteiger partial charge in [0.2, 0.25) is 5.91 Å². The molecule has 1 aromatic carbocycles. The van der Waals surface area contributed by atoms with Gasteiger partial charge in [0, 0.05) is 22.7 Å². The predicted octanol–water partition coefficient (Wildman–Crippen LogP) is 5.64. The van der Waals surface area contributed by atoms with Gasteiger partial charge in [-0.05, 0) is 48.1 Å². The number of rotatable bonds is 8. The summed E-state index contributed by atoms with van der Waals surface area (Å²) in [7, 11) is 1.36. The molecule has 1 N–H and O–H groups in total. The van der Waals surface area contributed by atoms with Crippen molar-refractivity contribution in [1.82, 2.24) is 4.98 Å². The van der Waals surface area contributed by atoms with Gasteiger partial charge in [-0.1, -0.05) is 37.6 Å². The van der Waals surface area contributed by atoms with Gasteiger partial charge in [0.05, 0.1) is 18.2 Å². The molecule has 1 aliphatic carbocycles. The summed E-state index contributed by atoms with van der Waals surface area (Å²) in [5.41, 5.74) is 5.21. The minimum absolute atomic E-state index is 0.187. The fraction of sp³-hybridized carbons (Fsp3) is 0.308. The van der Waals surface area contributed by atoms with Crippen LogP contribution in [0.15, 0.2) is 41.4 Å². The number of nitrogens with zero attached hydrogens (tertiary/aromatic N) is 2. The predicted molar refractivity (Wildman–Crippen MR) is 135 cm³/mol. The lowest BCUT2D eigenvalue weighted by Gasteiger charge is -2.16. The molecule has 0 spiro atoms. The van der Waals surface area contributed by atoms with Gasteiger partial charge in [-0.3, -0.25) is 4.79 Å². The van der Waals surface area contributed by atoms with E-state index in [1.54, 1.807) is 6.07 Å². The Kier molecular flexibility index (Phi) is 7.66. The fourth-order valence-corrected chi connectivity index (χ4v) is 6.29. The minimum Gasteiger partial charge on any atom is -0.465 e. The molecule has 4 rings (SSSR count). The van der Waals surface area contributed by atoms with Crippen LogP contribution in [0.3, 0.4) is 0 Å². The molecule has 174 valence electrons. The Labute approximate surface area is 207 Å². The molecule has 0 aliphatic heterocycles. The normalized spacial score (nSPS) is 11.8. The number of esters is 1. The summed E-state index contributed by atoms with van der Waals surface area (Å²) in [4.78, 5) is 31.0. The molecule has 34 heavy (non-hydrogen) atoms. The van der Waals surface area contributed by atoms with Crippen LogP contribution in [0.1, 0.15) is 52.5 Å². The zero-order valence-electron chi connectivity index (χ0n) is 19.1. The van der Waals surface area contributed by atoms with Gasteiger partial charge in [-0.2, -0.15) is 5.26 Å². The first-order chi connectivity index (χ1) is 16.5. The summed E-state index contributed by atoms with van der Waals surface area (Å²) in [6, 6.07) is 14.0. The topological polar surface area (TPSA) is 92.1 Å². The highest BCUT2D eigenvalue weighted by Crippen LogP contribution is 2.45. The number of benzene rings is 1. The molecular formula is C26H25N3O3S2. The number of carbonyl (C=O) groups is 2. The number of amides is 1. The molecule has 0 unspecified atom stereocenters. The van der Waals surface area contributed by atoms with E-state index in [9.17, 15) is 14.9 Å². The maximum Gasteiger partial charge on any atom is 0.341 e. The molecule has 0 saturated carbocycles. The number of hydrogen-bond acceptors (Lipinski definition) is 7. The Hall–Kier alpha value is -3.15. The molecule has 0 atom stereocenters. The number of pyridine rings is 1. The lowest BCUT2D eigenvalue weighted by Crippen LogP contribution is -2.15. The molecule has 6 nitrogen and oxygen atoms in total. The number of nitriles is 1. The van der Waals surface area contributed by atoms with Crippen LogP contribution >= 0.6 is 23.1 Å². The smallest absolute Gasteiger partial charge is 0.341 e. The molecular weight excluding hydrogens is 466 g/mol. The monoisotopic (exact) mass is 491 g/mol. The van der Waals surface area contributed by atoms with Crippen molar-refractivity contribution in [2.24, 2.45) is 0 Å². The first kappa shape index (κ1) is 24.0. The SMILES string of the molecule is CCCc1ccc(C#N)c(SCCC(=O)Nc2sc3c(c2C(=O)OC)CCc2ccccc2-3)n1. The van der Waals surface area contributed by atoms with Crippen LogP contribution in [0.2, 0.25) is 0 Å². The molecule has 0 radical (unpaired) electrons. The number of methoxy groups -OCH3 is 1. The van der Waals surface area contributed by atoms with Crippen LogP contribution in [-0.2, 0) is 28.8 Å². The van der Waals surface area contributed by atoms with Crippen LogP contribution in [-0.4, -0.2) is 29.7 Å². The maximum atomic E-state index is 12.8. The average molecular weight is 492 g/mol. The van der Waals surface area contributed by atoms with Crippen molar-refractivity contribution in [2.45, 2.75) is 44.1 Å². The van der Waals surface area contributed by atoms with E-state index in [0.717, 1.165) is 47.4 Å². The van der Waals surface area contributed by atoms with Crippen molar-refractivity contribution in [3.05, 3.63) is 64.3 Å². The largest absolute Gasteiger partial charge is 0.465 e. The Balaban J connectivity index is 1.49. The second-order valence-corrected chi connectivity index (χ2v) is 10.0. The number of aryl methyl sites for hydroxylation is 2. The first-order valence-corrected chi connectivity index (χ1v) is 13.0. The van der Waals surface area contributed by atoms with Crippen LogP contribution in [0.25, 0.3) is 10.4 Å². The van der Waals surface area contributed by atoms with E-state index in [-0.39, 0.29) is 12.3 Å². The van der Waals surface area contributed by atoms with Gasteiger partial charge in [-0.25, -0.2) is 9.78 Å². The molecule has 0 fully saturated rings. The Morgan fingerprint density at radius 1 is 1.24 bits per heavy atom. The van der Waals surface area contributed by atoms with Crippen molar-refractivity contribution < 1.29 is 14.3 Å². The van der Waals surface area contributed by atoms with Crippen molar-refractivity contribution >= 4 is 40.0 Å². The average Bonchev–Trinajstić information content (AvgIpc) is 3.22. The van der Waals surface area contributed by atoms with Crippen LogP contribution < -0.4 is 5.32 Å². The number of anilines is 1. The minimum atomic E-state index is -0.433. The van der Waals surface area contributed by atoms with Gasteiger partial charge >= 0.3 is 5.97 Å². The molecule has 3 aromatic rings. The number of carbonyl (C=O) groups excluding carboxylic acids is 2. The number of thioether (sulfide) groups is 1. The maximum absolute atomic E-state index is 12.8. The number of ether oxygens (including phenoxy) is 1. The van der Waals surface area contributed by atoms with Crippen molar-refractivity contribution in [3.63, 3.8) is 0 Å². The molecule has 1 amide bonds. The van der Waals surface area contributed by atoms with Crippen LogP contribution in [0.4, 0.5) is 5.00 Å². The van der Waals surface area contributed by atoms with Crippen LogP contribution in [0, 0.1) is 11.3 Å². The summed E-state index contributed by atoms with van der Waals surface area (Å²) in [5.74, 6) is -0.144. The Bertz CT molecular complexity index is 1280. The van der Waals surface area contributed by atoms with Gasteiger partial charge in [0.15, 0.2) is 0 Å². The number of fused-ring (bicyclic) bond motifs is 3. The van der Waals surface area contributed by atoms with E-state index in [2.05, 4.69) is 35.4 Å². The van der Waals surface area contributed by atoms with Crippen molar-refractivity contribution in [1.29, 1.82) is 5.26 Å². The molecule has 2 heterocycles. The Morgan fingerprint density at radius 3 is 2.82 bits per heavy atom. The third-order valence-corrected chi connectivity index (χ3v) is 7.84. The number of nitrogens with one attached hydrogen (secondary N) is 1. The van der Waals surface area contributed by atoms with E-state index in [4.69, 9.17) is 4.74 Å². The van der Waals surface area contributed by atoms with Crippen molar-refractivity contribution in [3.8, 4) is 16.5 Å². The van der Waals surface area contributed by atoms with Crippen LogP contribution in [0.5, 0.6) is 0 Å². The lowest BCUT2D eigenvalue weighted by atomic mass is 9.89. The van der Waals surface area contributed by atoms with E-state index >= 15 is 0 Å². The second kappa shape index (κ2) is 10.9. The number of thiophene rings is 1. The highest BCUT2D eigenvalue weighted by molar-refractivity contribution is 7.99. The highest BCUT2D eigenvalue weighted by atomic mass is 32.2. The summed E-state index contributed by atoms with van der Waals surface area (Å²) in [5, 5.41) is 13.5. The van der Waals surface area contributed by atoms with E-state index in [1.165, 1.54) is 35.8 Å². The number of hydrogen-bond donors (Lipinski definition) is 1. The highest BCUT2D eigenvalue weighted by Gasteiger charge is 2.29. The lowest BCUT2D eigenvalue weighted by molar-refractivity contribution is -0.115. The molecule has 8 heteroatoms. The number of aromatic nitrogens is 1. The summed E-state index contributed by atoms with van der Waals surface area (Å²) >= 11 is 2.83. The van der Waals surface area contributed by atoms with Crippen molar-refractivity contribution in [2.75, 3.05) is 18.2 Å². The third-order valence-electron chi connectivity index (χ3n) is 5.67. The van der Waals surface area contributed by atoms with Gasteiger partial charge in [-0.15, -0.1) is 23.1 Å². The fourth-order valence-electron chi connectivity index (χ4n) is 4.05. The quantitative estimate of drug-likeness (QED) is 0.324. The molecule has 1 aliphatic rings. The van der Waals surface area contributed by atoms with E-state index in [0.29, 0.717) is 26.9 Å². The summed E-state index contributed by atoms with van der Waals surface area (Å²) < 4.78 is 5.04. The standard InChI is InChI=1S/C26H25N3O3S2/c1-3-6-18-11-9-17(15-27)24(28-18)33-14-13-21(30)29-25-22(26(31)32-2)20-12-10-16-7-4-5-8-19(16)23(20)34-25/h4-5,7-9,11H,3,6,10,12-14H2,1-2H3,(H,29,30). The Morgan fingerprint density at radius 2 is 2.06 bits per heavy atom. The second-order valence-electron chi connectivity index (χ2n) is 7.93. The zero-order valence-corrected chi connectivity index (χ0v) is 20.8. The first-order valence-electron chi connectivity index (χ1n) is 11.2. The van der Waals surface area contributed by atoms with Gasteiger partial charge in [0.1, 0.15) is 16.1 Å². The molecule has 0 bridgehead atoms. The molecule has 0 saturated heterocycles. The van der Waals surface area contributed by atoms with Gasteiger partial charge < -0.3 is 10.1 Å². The van der Waals surface area contributed by atoms with E-state index < -0.39 is 5.97 Å². The molecule has 2 aromatic heterocycles.